The molecule has 34 heavy (non-hydrogen) atoms. The average molecular weight is 496 g/mol. The van der Waals surface area contributed by atoms with Crippen LogP contribution in [-0.4, -0.2) is 45.9 Å². The Kier molecular flexibility index (Phi) is 6.58. The van der Waals surface area contributed by atoms with Crippen LogP contribution in [-0.2, 0) is 16.2 Å². The molecule has 0 radical (unpaired) electrons. The molecule has 2 unspecified atom stereocenters. The van der Waals surface area contributed by atoms with Crippen molar-refractivity contribution in [3.05, 3.63) is 47.4 Å². The number of aromatic amines is 1. The molecule has 1 aliphatic carbocycles. The zero-order valence-corrected chi connectivity index (χ0v) is 19.3. The lowest BCUT2D eigenvalue weighted by atomic mass is 9.82. The molecule has 4 rings (SSSR count). The van der Waals surface area contributed by atoms with E-state index in [0.29, 0.717) is 24.4 Å². The van der Waals surface area contributed by atoms with Crippen molar-refractivity contribution in [1.29, 1.82) is 0 Å². The van der Waals surface area contributed by atoms with Crippen LogP contribution in [0.15, 0.2) is 30.3 Å². The van der Waals surface area contributed by atoms with E-state index in [-0.39, 0.29) is 29.1 Å². The minimum absolute atomic E-state index is 0.121. The van der Waals surface area contributed by atoms with Gasteiger partial charge in [-0.3, -0.25) is 5.10 Å². The monoisotopic (exact) mass is 495 g/mol. The van der Waals surface area contributed by atoms with Crippen LogP contribution >= 0.6 is 0 Å². The van der Waals surface area contributed by atoms with Crippen molar-refractivity contribution in [3.8, 4) is 11.4 Å². The van der Waals surface area contributed by atoms with Gasteiger partial charge in [0.1, 0.15) is 11.6 Å². The van der Waals surface area contributed by atoms with Gasteiger partial charge in [-0.2, -0.15) is 18.2 Å². The Hall–Kier alpha value is -3.06. The lowest BCUT2D eigenvalue weighted by molar-refractivity contribution is -0.137. The molecule has 3 aromatic rings. The van der Waals surface area contributed by atoms with Crippen LogP contribution in [0.2, 0.25) is 0 Å². The van der Waals surface area contributed by atoms with E-state index in [1.54, 1.807) is 13.0 Å². The average Bonchev–Trinajstić information content (AvgIpc) is 3.16. The first-order chi connectivity index (χ1) is 16.0. The highest BCUT2D eigenvalue weighted by Crippen LogP contribution is 2.38. The van der Waals surface area contributed by atoms with E-state index in [1.165, 1.54) is 18.2 Å². The summed E-state index contributed by atoms with van der Waals surface area (Å²) in [7, 11) is -3.49. The number of aryl methyl sites for hydroxylation is 1. The lowest BCUT2D eigenvalue weighted by Crippen LogP contribution is -2.40. The number of halogens is 3. The Bertz CT molecular complexity index is 1280. The molecule has 0 spiro atoms. The third-order valence-corrected chi connectivity index (χ3v) is 6.30. The van der Waals surface area contributed by atoms with E-state index < -0.39 is 27.8 Å². The molecule has 3 N–H and O–H groups in total. The Morgan fingerprint density at radius 1 is 1.09 bits per heavy atom. The van der Waals surface area contributed by atoms with E-state index in [1.807, 2.05) is 0 Å². The number of rotatable bonds is 6. The van der Waals surface area contributed by atoms with Crippen LogP contribution in [0.3, 0.4) is 0 Å². The molecule has 0 amide bonds. The summed E-state index contributed by atoms with van der Waals surface area (Å²) < 4.78 is 67.7. The molecule has 13 heteroatoms. The number of alkyl halides is 3. The molecule has 1 saturated carbocycles. The summed E-state index contributed by atoms with van der Waals surface area (Å²) in [4.78, 5) is 13.0. The normalized spacial score (nSPS) is 19.2. The molecule has 2 aromatic heterocycles. The van der Waals surface area contributed by atoms with Crippen molar-refractivity contribution in [2.45, 2.75) is 50.7 Å². The van der Waals surface area contributed by atoms with Gasteiger partial charge in [0.25, 0.3) is 0 Å². The maximum Gasteiger partial charge on any atom is 0.417 e. The second kappa shape index (κ2) is 9.29. The summed E-state index contributed by atoms with van der Waals surface area (Å²) in [6.07, 6.45) is -0.616. The van der Waals surface area contributed by atoms with Crippen molar-refractivity contribution in [2.75, 3.05) is 11.6 Å². The Morgan fingerprint density at radius 2 is 1.82 bits per heavy atom. The molecular formula is C21H24F3N7O2S. The second-order valence-corrected chi connectivity index (χ2v) is 10.1. The number of H-pyrrole nitrogens is 1. The third-order valence-electron chi connectivity index (χ3n) is 5.57. The van der Waals surface area contributed by atoms with Gasteiger partial charge in [-0.15, -0.1) is 5.10 Å². The summed E-state index contributed by atoms with van der Waals surface area (Å²) in [6.45, 7) is 1.71. The summed E-state index contributed by atoms with van der Waals surface area (Å²) >= 11 is 0. The van der Waals surface area contributed by atoms with Gasteiger partial charge in [-0.05, 0) is 25.8 Å². The predicted octanol–water partition coefficient (Wildman–Crippen LogP) is 3.91. The summed E-state index contributed by atoms with van der Waals surface area (Å²) in [6, 6.07) is 6.27. The van der Waals surface area contributed by atoms with Crippen molar-refractivity contribution in [3.63, 3.8) is 0 Å². The highest BCUT2D eigenvalue weighted by atomic mass is 32.2. The van der Waals surface area contributed by atoms with E-state index >= 15 is 0 Å². The zero-order chi connectivity index (χ0) is 24.5. The van der Waals surface area contributed by atoms with Gasteiger partial charge in [0.2, 0.25) is 16.0 Å². The first kappa shape index (κ1) is 24.1. The molecule has 182 valence electrons. The number of anilines is 2. The molecule has 2 heterocycles. The number of aromatic nitrogens is 5. The van der Waals surface area contributed by atoms with E-state index in [0.717, 1.165) is 25.2 Å². The van der Waals surface area contributed by atoms with Crippen LogP contribution < -0.4 is 10.0 Å². The number of benzene rings is 1. The lowest BCUT2D eigenvalue weighted by Gasteiger charge is -2.31. The van der Waals surface area contributed by atoms with Crippen LogP contribution in [0, 0.1) is 6.92 Å². The molecular weight excluding hydrogens is 471 g/mol. The first-order valence-corrected chi connectivity index (χ1v) is 12.6. The summed E-state index contributed by atoms with van der Waals surface area (Å²) in [5.41, 5.74) is -0.589. The number of hydrogen-bond donors (Lipinski definition) is 3. The van der Waals surface area contributed by atoms with Crippen LogP contribution in [0.4, 0.5) is 24.9 Å². The Morgan fingerprint density at radius 3 is 2.50 bits per heavy atom. The molecule has 9 nitrogen and oxygen atoms in total. The van der Waals surface area contributed by atoms with Crippen LogP contribution in [0.25, 0.3) is 11.4 Å². The van der Waals surface area contributed by atoms with E-state index in [9.17, 15) is 21.6 Å². The molecule has 2 atom stereocenters. The quantitative estimate of drug-likeness (QED) is 0.473. The van der Waals surface area contributed by atoms with Gasteiger partial charge in [-0.1, -0.05) is 31.0 Å². The SMILES string of the molecule is Cc1nc(Nc2cc(C3CCCCC3NS(C)(=O)=O)nc(-c3ccccc3C(F)(F)F)n2)n[nH]1. The van der Waals surface area contributed by atoms with Gasteiger partial charge < -0.3 is 5.32 Å². The van der Waals surface area contributed by atoms with Gasteiger partial charge in [0.05, 0.1) is 17.5 Å². The fourth-order valence-electron chi connectivity index (χ4n) is 4.18. The third kappa shape index (κ3) is 5.70. The minimum atomic E-state index is -4.60. The smallest absolute Gasteiger partial charge is 0.307 e. The summed E-state index contributed by atoms with van der Waals surface area (Å²) in [5, 5.41) is 9.59. The highest BCUT2D eigenvalue weighted by Gasteiger charge is 2.35. The number of nitrogens with zero attached hydrogens (tertiary/aromatic N) is 4. The number of hydrogen-bond acceptors (Lipinski definition) is 7. The number of nitrogens with one attached hydrogen (secondary N) is 3. The van der Waals surface area contributed by atoms with E-state index in [2.05, 4.69) is 35.2 Å². The van der Waals surface area contributed by atoms with Crippen LogP contribution in [0.1, 0.15) is 48.7 Å². The van der Waals surface area contributed by atoms with Crippen molar-refractivity contribution < 1.29 is 21.6 Å². The first-order valence-electron chi connectivity index (χ1n) is 10.7. The fourth-order valence-corrected chi connectivity index (χ4v) is 5.01. The second-order valence-electron chi connectivity index (χ2n) is 8.30. The zero-order valence-electron chi connectivity index (χ0n) is 18.5. The van der Waals surface area contributed by atoms with Gasteiger partial charge in [-0.25, -0.2) is 23.1 Å². The van der Waals surface area contributed by atoms with E-state index in [4.69, 9.17) is 0 Å². The molecule has 1 aliphatic rings. The van der Waals surface area contributed by atoms with Crippen molar-refractivity contribution in [2.24, 2.45) is 0 Å². The highest BCUT2D eigenvalue weighted by molar-refractivity contribution is 7.88. The standard InChI is InChI=1S/C21H24F3N7O2S/c1-12-25-20(30-29-12)28-18-11-17(14-8-4-6-10-16(14)31-34(2,32)33)26-19(27-18)13-7-3-5-9-15(13)21(22,23)24/h3,5,7,9,11,14,16,31H,4,6,8,10H2,1-2H3,(H2,25,26,27,28,29,30). The molecule has 0 aliphatic heterocycles. The molecule has 1 aromatic carbocycles. The van der Waals surface area contributed by atoms with Gasteiger partial charge >= 0.3 is 6.18 Å². The fraction of sp³-hybridized carbons (Fsp3) is 0.429. The van der Waals surface area contributed by atoms with Gasteiger partial charge in [0, 0.05) is 23.6 Å². The maximum atomic E-state index is 13.7. The van der Waals surface area contributed by atoms with Crippen molar-refractivity contribution >= 4 is 21.8 Å². The largest absolute Gasteiger partial charge is 0.417 e. The minimum Gasteiger partial charge on any atom is -0.307 e. The predicted molar refractivity (Wildman–Crippen MR) is 120 cm³/mol. The summed E-state index contributed by atoms with van der Waals surface area (Å²) in [5.74, 6) is 0.497. The topological polar surface area (TPSA) is 126 Å². The number of sulfonamides is 1. The van der Waals surface area contributed by atoms with Crippen molar-refractivity contribution in [1.82, 2.24) is 29.9 Å². The van der Waals surface area contributed by atoms with Gasteiger partial charge in [0.15, 0.2) is 5.82 Å². The molecule has 0 bridgehead atoms. The van der Waals surface area contributed by atoms with Crippen LogP contribution in [0.5, 0.6) is 0 Å². The molecule has 1 fully saturated rings. The Balaban J connectivity index is 1.83. The maximum absolute atomic E-state index is 13.7. The molecule has 0 saturated heterocycles. The Labute approximate surface area is 194 Å².